The van der Waals surface area contributed by atoms with E-state index in [1.807, 2.05) is 0 Å². The van der Waals surface area contributed by atoms with Gasteiger partial charge in [0.1, 0.15) is 0 Å². The van der Waals surface area contributed by atoms with Crippen LogP contribution in [0.3, 0.4) is 0 Å². The lowest BCUT2D eigenvalue weighted by Crippen LogP contribution is -2.16. The van der Waals surface area contributed by atoms with Crippen molar-refractivity contribution in [2.45, 2.75) is 89.9 Å². The molecule has 1 saturated carbocycles. The molecule has 0 saturated heterocycles. The minimum absolute atomic E-state index is 0.00800. The molecule has 1 aliphatic rings. The van der Waals surface area contributed by atoms with Crippen molar-refractivity contribution in [3.8, 4) is 11.5 Å². The second kappa shape index (κ2) is 14.8. The normalized spacial score (nSPS) is 17.0. The van der Waals surface area contributed by atoms with Crippen LogP contribution in [-0.2, 0) is 12.8 Å². The molecule has 0 heterocycles. The lowest BCUT2D eigenvalue weighted by atomic mass is 9.75. The van der Waals surface area contributed by atoms with E-state index in [-0.39, 0.29) is 65.0 Å². The van der Waals surface area contributed by atoms with E-state index in [9.17, 15) is 17.6 Å². The topological polar surface area (TPSA) is 18.5 Å². The molecule has 0 spiro atoms. The van der Waals surface area contributed by atoms with Crippen LogP contribution in [0.5, 0.6) is 11.5 Å². The number of benzene rings is 3. The highest BCUT2D eigenvalue weighted by Gasteiger charge is 2.29. The van der Waals surface area contributed by atoms with E-state index in [2.05, 4.69) is 6.92 Å². The average Bonchev–Trinajstić information content (AvgIpc) is 2.99. The third-order valence-electron chi connectivity index (χ3n) is 8.22. The predicted octanol–water partition coefficient (Wildman–Crippen LogP) is 10.1. The van der Waals surface area contributed by atoms with Gasteiger partial charge in [-0.2, -0.15) is 8.78 Å². The molecule has 0 aliphatic heterocycles. The summed E-state index contributed by atoms with van der Waals surface area (Å²) >= 11 is 0. The van der Waals surface area contributed by atoms with Gasteiger partial charge >= 0.3 is 0 Å². The molecule has 0 bridgehead atoms. The van der Waals surface area contributed by atoms with Gasteiger partial charge in [0.25, 0.3) is 0 Å². The molecule has 0 aromatic heterocycles. The van der Waals surface area contributed by atoms with E-state index in [0.29, 0.717) is 32.3 Å². The molecule has 3 aromatic carbocycles. The van der Waals surface area contributed by atoms with Crippen molar-refractivity contribution >= 4 is 0 Å². The summed E-state index contributed by atoms with van der Waals surface area (Å²) in [5.74, 6) is -6.77. The van der Waals surface area contributed by atoms with Crippen molar-refractivity contribution in [3.05, 3.63) is 93.6 Å². The summed E-state index contributed by atoms with van der Waals surface area (Å²) in [7, 11) is 0. The van der Waals surface area contributed by atoms with Crippen molar-refractivity contribution < 1.29 is 35.8 Å². The van der Waals surface area contributed by atoms with Crippen LogP contribution in [0.2, 0.25) is 0 Å². The second-order valence-corrected chi connectivity index (χ2v) is 11.0. The van der Waals surface area contributed by atoms with E-state index < -0.39 is 34.9 Å². The Kier molecular flexibility index (Phi) is 11.2. The Morgan fingerprint density at radius 1 is 0.548 bits per heavy atom. The average molecular weight is 593 g/mol. The van der Waals surface area contributed by atoms with Gasteiger partial charge in [0, 0.05) is 0 Å². The third-order valence-corrected chi connectivity index (χ3v) is 8.22. The van der Waals surface area contributed by atoms with E-state index in [1.165, 1.54) is 30.3 Å². The molecule has 1 fully saturated rings. The number of hydrogen-bond donors (Lipinski definition) is 0. The number of halogens is 6. The first-order valence-corrected chi connectivity index (χ1v) is 14.9. The van der Waals surface area contributed by atoms with Gasteiger partial charge in [-0.1, -0.05) is 50.5 Å². The number of ether oxygens (including phenoxy) is 2. The highest BCUT2D eigenvalue weighted by molar-refractivity contribution is 5.35. The summed E-state index contributed by atoms with van der Waals surface area (Å²) < 4.78 is 98.9. The molecule has 228 valence electrons. The van der Waals surface area contributed by atoms with Gasteiger partial charge in [-0.15, -0.1) is 0 Å². The smallest absolute Gasteiger partial charge is 0.200 e. The van der Waals surface area contributed by atoms with Crippen molar-refractivity contribution in [3.63, 3.8) is 0 Å². The van der Waals surface area contributed by atoms with Gasteiger partial charge in [-0.25, -0.2) is 17.6 Å². The summed E-state index contributed by atoms with van der Waals surface area (Å²) in [6, 6.07) is 8.78. The summed E-state index contributed by atoms with van der Waals surface area (Å²) in [5, 5.41) is 0. The molecule has 0 N–H and O–H groups in total. The highest BCUT2D eigenvalue weighted by atomic mass is 19.2. The van der Waals surface area contributed by atoms with Gasteiger partial charge in [0.15, 0.2) is 34.8 Å². The van der Waals surface area contributed by atoms with Gasteiger partial charge in [0.2, 0.25) is 11.6 Å². The van der Waals surface area contributed by atoms with Gasteiger partial charge < -0.3 is 9.47 Å². The number of rotatable bonds is 13. The standard InChI is InChI=1S/C34H38F6O2/c1-3-5-6-7-20-42-28-18-15-24(30(36)33(28)39)13-12-23-14-16-25(31(37)29(23)35)21-8-10-22(11-9-21)26-17-19-27(41-4-2)34(40)32(26)38/h14-19,21-22H,3-13,20H2,1-2H3. The zero-order valence-electron chi connectivity index (χ0n) is 24.2. The van der Waals surface area contributed by atoms with Crippen LogP contribution >= 0.6 is 0 Å². The zero-order chi connectivity index (χ0) is 30.2. The molecule has 0 radical (unpaired) electrons. The molecule has 3 aromatic rings. The van der Waals surface area contributed by atoms with Crippen LogP contribution in [0.4, 0.5) is 26.3 Å². The fourth-order valence-corrected chi connectivity index (χ4v) is 5.81. The largest absolute Gasteiger partial charge is 0.491 e. The molecular formula is C34H38F6O2. The van der Waals surface area contributed by atoms with Crippen molar-refractivity contribution in [1.82, 2.24) is 0 Å². The van der Waals surface area contributed by atoms with Gasteiger partial charge in [0.05, 0.1) is 13.2 Å². The molecule has 1 aliphatic carbocycles. The number of aryl methyl sites for hydroxylation is 2. The SMILES string of the molecule is CCCCCCOc1ccc(CCc2ccc(C3CCC(c4ccc(OCC)c(F)c4F)CC3)c(F)c2F)c(F)c1F. The fraction of sp³-hybridized carbons (Fsp3) is 0.471. The lowest BCUT2D eigenvalue weighted by Gasteiger charge is -2.30. The molecule has 42 heavy (non-hydrogen) atoms. The molecule has 4 rings (SSSR count). The summed E-state index contributed by atoms with van der Waals surface area (Å²) in [4.78, 5) is 0. The minimum Gasteiger partial charge on any atom is -0.491 e. The van der Waals surface area contributed by atoms with E-state index in [1.54, 1.807) is 13.0 Å². The maximum Gasteiger partial charge on any atom is 0.200 e. The summed E-state index contributed by atoms with van der Waals surface area (Å²) in [6.45, 7) is 4.28. The van der Waals surface area contributed by atoms with Crippen LogP contribution in [0.15, 0.2) is 36.4 Å². The Balaban J connectivity index is 1.36. The van der Waals surface area contributed by atoms with Crippen LogP contribution in [0.1, 0.15) is 99.3 Å². The van der Waals surface area contributed by atoms with Crippen LogP contribution in [-0.4, -0.2) is 13.2 Å². The second-order valence-electron chi connectivity index (χ2n) is 11.0. The Labute approximate surface area is 244 Å². The van der Waals surface area contributed by atoms with Crippen molar-refractivity contribution in [2.24, 2.45) is 0 Å². The van der Waals surface area contributed by atoms with Crippen molar-refractivity contribution in [1.29, 1.82) is 0 Å². The zero-order valence-corrected chi connectivity index (χ0v) is 24.2. The van der Waals surface area contributed by atoms with Crippen LogP contribution in [0, 0.1) is 34.9 Å². The van der Waals surface area contributed by atoms with Gasteiger partial charge in [-0.05, 0) is 98.1 Å². The van der Waals surface area contributed by atoms with E-state index >= 15 is 8.78 Å². The lowest BCUT2D eigenvalue weighted by molar-refractivity contribution is 0.284. The minimum atomic E-state index is -1.08. The predicted molar refractivity (Wildman–Crippen MR) is 151 cm³/mol. The molecule has 0 unspecified atom stereocenters. The van der Waals surface area contributed by atoms with Crippen molar-refractivity contribution in [2.75, 3.05) is 13.2 Å². The van der Waals surface area contributed by atoms with Crippen LogP contribution < -0.4 is 9.47 Å². The maximum atomic E-state index is 15.2. The summed E-state index contributed by atoms with van der Waals surface area (Å²) in [6.07, 6.45) is 5.78. The number of unbranched alkanes of at least 4 members (excludes halogenated alkanes) is 3. The molecule has 8 heteroatoms. The monoisotopic (exact) mass is 592 g/mol. The molecule has 0 amide bonds. The van der Waals surface area contributed by atoms with Gasteiger partial charge in [-0.3, -0.25) is 0 Å². The van der Waals surface area contributed by atoms with E-state index in [4.69, 9.17) is 9.47 Å². The Morgan fingerprint density at radius 3 is 1.62 bits per heavy atom. The quantitative estimate of drug-likeness (QED) is 0.145. The Hall–Kier alpha value is -3.16. The Bertz CT molecular complexity index is 1350. The molecular weight excluding hydrogens is 554 g/mol. The summed E-state index contributed by atoms with van der Waals surface area (Å²) in [5.41, 5.74) is 0.649. The first kappa shape index (κ1) is 31.8. The first-order chi connectivity index (χ1) is 20.3. The van der Waals surface area contributed by atoms with Crippen LogP contribution in [0.25, 0.3) is 0 Å². The first-order valence-electron chi connectivity index (χ1n) is 14.9. The molecule has 2 nitrogen and oxygen atoms in total. The molecule has 0 atom stereocenters. The highest BCUT2D eigenvalue weighted by Crippen LogP contribution is 2.43. The maximum absolute atomic E-state index is 15.2. The third kappa shape index (κ3) is 7.24. The fourth-order valence-electron chi connectivity index (χ4n) is 5.81. The number of hydrogen-bond acceptors (Lipinski definition) is 2. The Morgan fingerprint density at radius 2 is 1.02 bits per heavy atom. The van der Waals surface area contributed by atoms with E-state index in [0.717, 1.165) is 25.7 Å².